The number of hydrogen-bond acceptors (Lipinski definition) is 5. The van der Waals surface area contributed by atoms with Crippen LogP contribution in [0.25, 0.3) is 0 Å². The Bertz CT molecular complexity index is 580. The molecule has 0 bridgehead atoms. The number of nitrogens with zero attached hydrogens (tertiary/aromatic N) is 2. The van der Waals surface area contributed by atoms with Crippen LogP contribution in [-0.4, -0.2) is 10.3 Å². The molecular formula is C14H17N3O2. The summed E-state index contributed by atoms with van der Waals surface area (Å²) in [5.74, 6) is 0.818. The van der Waals surface area contributed by atoms with Crippen LogP contribution in [0.2, 0.25) is 0 Å². The van der Waals surface area contributed by atoms with E-state index in [0.29, 0.717) is 6.61 Å². The summed E-state index contributed by atoms with van der Waals surface area (Å²) in [6.45, 7) is 2.21. The number of aromatic nitrogens is 2. The largest absolute Gasteiger partial charge is 0.487 e. The molecule has 1 aromatic heterocycles. The van der Waals surface area contributed by atoms with Gasteiger partial charge in [0.2, 0.25) is 0 Å². The van der Waals surface area contributed by atoms with Gasteiger partial charge in [0.15, 0.2) is 0 Å². The summed E-state index contributed by atoms with van der Waals surface area (Å²) < 4.78 is 10.4. The van der Waals surface area contributed by atoms with Gasteiger partial charge in [-0.2, -0.15) is 0 Å². The molecule has 5 nitrogen and oxygen atoms in total. The van der Waals surface area contributed by atoms with Crippen LogP contribution in [0, 0.1) is 6.92 Å². The van der Waals surface area contributed by atoms with Gasteiger partial charge in [-0.3, -0.25) is 0 Å². The summed E-state index contributed by atoms with van der Waals surface area (Å²) in [5, 5.41) is 7.52. The molecular weight excluding hydrogens is 242 g/mol. The zero-order valence-corrected chi connectivity index (χ0v) is 10.9. The lowest BCUT2D eigenvalue weighted by molar-refractivity contribution is 0.269. The van der Waals surface area contributed by atoms with Crippen molar-refractivity contribution in [1.82, 2.24) is 10.3 Å². The van der Waals surface area contributed by atoms with Crippen molar-refractivity contribution in [2.45, 2.75) is 38.8 Å². The van der Waals surface area contributed by atoms with Gasteiger partial charge in [-0.25, -0.2) is 4.63 Å². The first kappa shape index (κ1) is 12.2. The molecule has 0 saturated heterocycles. The zero-order valence-electron chi connectivity index (χ0n) is 10.9. The molecule has 5 heteroatoms. The van der Waals surface area contributed by atoms with Gasteiger partial charge < -0.3 is 10.5 Å². The Kier molecular flexibility index (Phi) is 3.21. The van der Waals surface area contributed by atoms with Gasteiger partial charge in [-0.1, -0.05) is 16.4 Å². The Labute approximate surface area is 111 Å². The Balaban J connectivity index is 1.75. The van der Waals surface area contributed by atoms with Crippen LogP contribution in [0.1, 0.15) is 41.4 Å². The molecule has 0 saturated carbocycles. The van der Waals surface area contributed by atoms with Crippen molar-refractivity contribution < 1.29 is 9.37 Å². The summed E-state index contributed by atoms with van der Waals surface area (Å²) in [6, 6.07) is 6.27. The minimum atomic E-state index is 0.128. The fourth-order valence-corrected chi connectivity index (χ4v) is 2.44. The molecule has 2 N–H and O–H groups in total. The highest BCUT2D eigenvalue weighted by molar-refractivity contribution is 5.39. The predicted octanol–water partition coefficient (Wildman–Crippen LogP) is 2.29. The molecule has 1 aliphatic rings. The topological polar surface area (TPSA) is 74.2 Å². The summed E-state index contributed by atoms with van der Waals surface area (Å²) in [5.41, 5.74) is 10.2. The summed E-state index contributed by atoms with van der Waals surface area (Å²) in [6.07, 6.45) is 3.32. The van der Waals surface area contributed by atoms with Crippen molar-refractivity contribution in [3.63, 3.8) is 0 Å². The first-order valence-electron chi connectivity index (χ1n) is 6.53. The SMILES string of the molecule is Cc1nonc1COc1ccc2c(c1)C(N)CCC2. The molecule has 0 spiro atoms. The van der Waals surface area contributed by atoms with Crippen LogP contribution >= 0.6 is 0 Å². The van der Waals surface area contributed by atoms with Gasteiger partial charge in [-0.05, 0) is 49.4 Å². The van der Waals surface area contributed by atoms with E-state index in [2.05, 4.69) is 21.0 Å². The molecule has 0 aliphatic heterocycles. The number of hydrogen-bond donors (Lipinski definition) is 1. The van der Waals surface area contributed by atoms with Crippen molar-refractivity contribution in [3.05, 3.63) is 40.7 Å². The number of nitrogens with two attached hydrogens (primary N) is 1. The molecule has 0 fully saturated rings. The maximum absolute atomic E-state index is 6.14. The van der Waals surface area contributed by atoms with E-state index in [-0.39, 0.29) is 6.04 Å². The van der Waals surface area contributed by atoms with E-state index in [1.165, 1.54) is 11.1 Å². The fraction of sp³-hybridized carbons (Fsp3) is 0.429. The lowest BCUT2D eigenvalue weighted by atomic mass is 9.88. The summed E-state index contributed by atoms with van der Waals surface area (Å²) in [4.78, 5) is 0. The standard InChI is InChI=1S/C14H17N3O2/c1-9-14(17-19-16-9)8-18-11-6-5-10-3-2-4-13(15)12(10)7-11/h5-7,13H,2-4,8,15H2,1H3. The zero-order chi connectivity index (χ0) is 13.2. The van der Waals surface area contributed by atoms with E-state index in [4.69, 9.17) is 10.5 Å². The minimum Gasteiger partial charge on any atom is -0.487 e. The van der Waals surface area contributed by atoms with E-state index >= 15 is 0 Å². The Morgan fingerprint density at radius 2 is 2.32 bits per heavy atom. The van der Waals surface area contributed by atoms with Crippen molar-refractivity contribution in [2.24, 2.45) is 5.73 Å². The molecule has 0 amide bonds. The van der Waals surface area contributed by atoms with Crippen molar-refractivity contribution >= 4 is 0 Å². The average molecular weight is 259 g/mol. The van der Waals surface area contributed by atoms with E-state index < -0.39 is 0 Å². The van der Waals surface area contributed by atoms with E-state index in [1.54, 1.807) is 0 Å². The quantitative estimate of drug-likeness (QED) is 0.915. The number of benzene rings is 1. The van der Waals surface area contributed by atoms with Gasteiger partial charge in [0, 0.05) is 6.04 Å². The maximum atomic E-state index is 6.14. The lowest BCUT2D eigenvalue weighted by Crippen LogP contribution is -2.17. The summed E-state index contributed by atoms with van der Waals surface area (Å²) in [7, 11) is 0. The lowest BCUT2D eigenvalue weighted by Gasteiger charge is -2.22. The Morgan fingerprint density at radius 1 is 1.42 bits per heavy atom. The molecule has 1 atom stereocenters. The van der Waals surface area contributed by atoms with E-state index in [9.17, 15) is 0 Å². The van der Waals surface area contributed by atoms with Crippen LogP contribution in [-0.2, 0) is 13.0 Å². The second-order valence-corrected chi connectivity index (χ2v) is 4.94. The van der Waals surface area contributed by atoms with Gasteiger partial charge in [0.25, 0.3) is 0 Å². The number of ether oxygens (including phenoxy) is 1. The Morgan fingerprint density at radius 3 is 3.11 bits per heavy atom. The fourth-order valence-electron chi connectivity index (χ4n) is 2.44. The molecule has 2 aromatic rings. The van der Waals surface area contributed by atoms with Gasteiger partial charge in [0.1, 0.15) is 23.7 Å². The normalized spacial score (nSPS) is 18.1. The third-order valence-electron chi connectivity index (χ3n) is 3.60. The monoisotopic (exact) mass is 259 g/mol. The highest BCUT2D eigenvalue weighted by atomic mass is 16.6. The maximum Gasteiger partial charge on any atom is 0.145 e. The molecule has 3 rings (SSSR count). The predicted molar refractivity (Wildman–Crippen MR) is 69.7 cm³/mol. The Hall–Kier alpha value is -1.88. The summed E-state index contributed by atoms with van der Waals surface area (Å²) >= 11 is 0. The molecule has 19 heavy (non-hydrogen) atoms. The number of aryl methyl sites for hydroxylation is 2. The average Bonchev–Trinajstić information content (AvgIpc) is 2.83. The van der Waals surface area contributed by atoms with Crippen molar-refractivity contribution in [1.29, 1.82) is 0 Å². The molecule has 1 heterocycles. The highest BCUT2D eigenvalue weighted by Gasteiger charge is 2.17. The first-order chi connectivity index (χ1) is 9.24. The van der Waals surface area contributed by atoms with Crippen molar-refractivity contribution in [3.8, 4) is 5.75 Å². The van der Waals surface area contributed by atoms with Crippen LogP contribution < -0.4 is 10.5 Å². The van der Waals surface area contributed by atoms with Gasteiger partial charge in [-0.15, -0.1) is 0 Å². The minimum absolute atomic E-state index is 0.128. The molecule has 1 aromatic carbocycles. The molecule has 0 radical (unpaired) electrons. The third kappa shape index (κ3) is 2.46. The second kappa shape index (κ2) is 5.01. The van der Waals surface area contributed by atoms with Gasteiger partial charge >= 0.3 is 0 Å². The first-order valence-corrected chi connectivity index (χ1v) is 6.53. The smallest absolute Gasteiger partial charge is 0.145 e. The highest BCUT2D eigenvalue weighted by Crippen LogP contribution is 2.31. The molecule has 1 unspecified atom stereocenters. The molecule has 1 aliphatic carbocycles. The van der Waals surface area contributed by atoms with Crippen molar-refractivity contribution in [2.75, 3.05) is 0 Å². The van der Waals surface area contributed by atoms with Crippen LogP contribution in [0.3, 0.4) is 0 Å². The van der Waals surface area contributed by atoms with Crippen LogP contribution in [0.5, 0.6) is 5.75 Å². The van der Waals surface area contributed by atoms with E-state index in [0.717, 1.165) is 36.4 Å². The van der Waals surface area contributed by atoms with Crippen LogP contribution in [0.15, 0.2) is 22.8 Å². The van der Waals surface area contributed by atoms with Gasteiger partial charge in [0.05, 0.1) is 0 Å². The second-order valence-electron chi connectivity index (χ2n) is 4.94. The van der Waals surface area contributed by atoms with E-state index in [1.807, 2.05) is 19.1 Å². The number of rotatable bonds is 3. The van der Waals surface area contributed by atoms with Crippen LogP contribution in [0.4, 0.5) is 0 Å². The number of fused-ring (bicyclic) bond motifs is 1. The third-order valence-corrected chi connectivity index (χ3v) is 3.60. The molecule has 100 valence electrons.